The van der Waals surface area contributed by atoms with Gasteiger partial charge in [0.15, 0.2) is 0 Å². The third-order valence-corrected chi connectivity index (χ3v) is 4.10. The maximum absolute atomic E-state index is 12.5. The van der Waals surface area contributed by atoms with Crippen LogP contribution in [0.25, 0.3) is 0 Å². The van der Waals surface area contributed by atoms with E-state index < -0.39 is 6.04 Å². The Labute approximate surface area is 153 Å². The van der Waals surface area contributed by atoms with Crippen molar-refractivity contribution in [3.63, 3.8) is 0 Å². The van der Waals surface area contributed by atoms with Gasteiger partial charge in [0.2, 0.25) is 17.7 Å². The van der Waals surface area contributed by atoms with Gasteiger partial charge in [-0.3, -0.25) is 19.2 Å². The van der Waals surface area contributed by atoms with E-state index in [2.05, 4.69) is 0 Å². The molecule has 3 amide bonds. The minimum absolute atomic E-state index is 0.0384. The van der Waals surface area contributed by atoms with Crippen molar-refractivity contribution in [3.8, 4) is 0 Å². The molecule has 1 N–H and O–H groups in total. The summed E-state index contributed by atoms with van der Waals surface area (Å²) in [6.45, 7) is 1.92. The van der Waals surface area contributed by atoms with Crippen molar-refractivity contribution >= 4 is 24.2 Å². The van der Waals surface area contributed by atoms with Crippen LogP contribution in [0.1, 0.15) is 12.5 Å². The van der Waals surface area contributed by atoms with E-state index in [-0.39, 0.29) is 37.3 Å². The number of nitrogens with zero attached hydrogens (tertiary/aromatic N) is 3. The van der Waals surface area contributed by atoms with Crippen molar-refractivity contribution in [1.82, 2.24) is 14.7 Å². The van der Waals surface area contributed by atoms with E-state index in [0.717, 1.165) is 5.56 Å². The third-order valence-electron chi connectivity index (χ3n) is 4.10. The van der Waals surface area contributed by atoms with E-state index in [0.29, 0.717) is 13.0 Å². The molecule has 1 aromatic carbocycles. The number of piperazine rings is 1. The standard InChI is InChI=1S/C17H23N3O3.CH2O2/c1-13-17(23)19(10-9-14-7-5-4-6-8-14)11-16(22)20(13)12-15(21)18(2)3;2-1-3/h4-8,13H,9-12H2,1-3H3;1H,(H,2,3)/t13-;/m0./s1. The molecule has 1 fully saturated rings. The molecule has 0 bridgehead atoms. The minimum atomic E-state index is -0.601. The Bertz CT molecular complexity index is 633. The van der Waals surface area contributed by atoms with Gasteiger partial charge >= 0.3 is 0 Å². The first-order valence-corrected chi connectivity index (χ1v) is 8.22. The molecule has 0 spiro atoms. The molecule has 0 saturated carbocycles. The summed E-state index contributed by atoms with van der Waals surface area (Å²) in [6, 6.07) is 9.26. The van der Waals surface area contributed by atoms with Gasteiger partial charge in [0.1, 0.15) is 12.6 Å². The summed E-state index contributed by atoms with van der Waals surface area (Å²) in [4.78, 5) is 49.3. The van der Waals surface area contributed by atoms with E-state index >= 15 is 0 Å². The smallest absolute Gasteiger partial charge is 0.290 e. The predicted molar refractivity (Wildman–Crippen MR) is 95.3 cm³/mol. The van der Waals surface area contributed by atoms with Crippen LogP contribution < -0.4 is 0 Å². The summed E-state index contributed by atoms with van der Waals surface area (Å²) in [5, 5.41) is 6.89. The van der Waals surface area contributed by atoms with Crippen molar-refractivity contribution in [3.05, 3.63) is 35.9 Å². The average molecular weight is 363 g/mol. The highest BCUT2D eigenvalue weighted by Crippen LogP contribution is 2.13. The number of carbonyl (C=O) groups is 4. The second-order valence-electron chi connectivity index (χ2n) is 6.09. The first kappa shape index (κ1) is 21.1. The minimum Gasteiger partial charge on any atom is -0.483 e. The van der Waals surface area contributed by atoms with Gasteiger partial charge in [-0.25, -0.2) is 0 Å². The lowest BCUT2D eigenvalue weighted by atomic mass is 10.1. The number of carbonyl (C=O) groups excluding carboxylic acids is 3. The predicted octanol–water partition coefficient (Wildman–Crippen LogP) is 0.0774. The quantitative estimate of drug-likeness (QED) is 0.747. The third kappa shape index (κ3) is 5.87. The van der Waals surface area contributed by atoms with Crippen LogP contribution in [0.4, 0.5) is 0 Å². The Kier molecular flexibility index (Phi) is 8.27. The number of hydrogen-bond acceptors (Lipinski definition) is 4. The second kappa shape index (κ2) is 10.2. The molecule has 1 aliphatic rings. The highest BCUT2D eigenvalue weighted by Gasteiger charge is 2.37. The molecule has 1 aliphatic heterocycles. The number of hydrogen-bond donors (Lipinski definition) is 1. The van der Waals surface area contributed by atoms with Crippen LogP contribution >= 0.6 is 0 Å². The van der Waals surface area contributed by atoms with Gasteiger partial charge in [-0.15, -0.1) is 0 Å². The summed E-state index contributed by atoms with van der Waals surface area (Å²) in [7, 11) is 3.27. The van der Waals surface area contributed by atoms with E-state index in [4.69, 9.17) is 9.90 Å². The van der Waals surface area contributed by atoms with Crippen LogP contribution in [0.2, 0.25) is 0 Å². The normalized spacial score (nSPS) is 16.7. The van der Waals surface area contributed by atoms with E-state index in [1.54, 1.807) is 25.9 Å². The maximum atomic E-state index is 12.5. The van der Waals surface area contributed by atoms with E-state index in [1.165, 1.54) is 9.80 Å². The largest absolute Gasteiger partial charge is 0.483 e. The van der Waals surface area contributed by atoms with Crippen molar-refractivity contribution in [2.45, 2.75) is 19.4 Å². The summed E-state index contributed by atoms with van der Waals surface area (Å²) in [6.07, 6.45) is 0.712. The van der Waals surface area contributed by atoms with Crippen molar-refractivity contribution in [2.24, 2.45) is 0 Å². The molecule has 0 aliphatic carbocycles. The highest BCUT2D eigenvalue weighted by molar-refractivity contribution is 5.96. The lowest BCUT2D eigenvalue weighted by Gasteiger charge is -2.38. The fraction of sp³-hybridized carbons (Fsp3) is 0.444. The number of rotatable bonds is 5. The maximum Gasteiger partial charge on any atom is 0.290 e. The number of likely N-dealkylation sites (N-methyl/N-ethyl adjacent to an activating group) is 1. The fourth-order valence-corrected chi connectivity index (χ4v) is 2.56. The van der Waals surface area contributed by atoms with Crippen LogP contribution in [0.3, 0.4) is 0 Å². The van der Waals surface area contributed by atoms with Gasteiger partial charge in [-0.2, -0.15) is 0 Å². The lowest BCUT2D eigenvalue weighted by molar-refractivity contribution is -0.157. The zero-order valence-corrected chi connectivity index (χ0v) is 15.3. The van der Waals surface area contributed by atoms with Crippen LogP contribution in [0.15, 0.2) is 30.3 Å². The van der Waals surface area contributed by atoms with Crippen LogP contribution in [0.5, 0.6) is 0 Å². The molecule has 0 radical (unpaired) electrons. The zero-order chi connectivity index (χ0) is 19.7. The first-order valence-electron chi connectivity index (χ1n) is 8.22. The van der Waals surface area contributed by atoms with Gasteiger partial charge in [-0.1, -0.05) is 30.3 Å². The molecule has 1 atom stereocenters. The second-order valence-corrected chi connectivity index (χ2v) is 6.09. The van der Waals surface area contributed by atoms with E-state index in [9.17, 15) is 14.4 Å². The van der Waals surface area contributed by atoms with Gasteiger partial charge in [-0.05, 0) is 18.9 Å². The summed E-state index contributed by atoms with van der Waals surface area (Å²) in [5.41, 5.74) is 1.13. The Morgan fingerprint density at radius 2 is 1.85 bits per heavy atom. The highest BCUT2D eigenvalue weighted by atomic mass is 16.3. The monoisotopic (exact) mass is 363 g/mol. The molecule has 1 aromatic rings. The Morgan fingerprint density at radius 1 is 1.27 bits per heavy atom. The van der Waals surface area contributed by atoms with Crippen LogP contribution in [-0.4, -0.2) is 83.8 Å². The molecule has 8 heteroatoms. The molecule has 0 aromatic heterocycles. The van der Waals surface area contributed by atoms with Crippen LogP contribution in [-0.2, 0) is 25.6 Å². The summed E-state index contributed by atoms with van der Waals surface area (Å²) >= 11 is 0. The SMILES string of the molecule is C[C@H]1C(=O)N(CCc2ccccc2)CC(=O)N1CC(=O)N(C)C.O=CO. The van der Waals surface area contributed by atoms with Crippen molar-refractivity contribution in [1.29, 1.82) is 0 Å². The molecule has 8 nitrogen and oxygen atoms in total. The topological polar surface area (TPSA) is 98.2 Å². The van der Waals surface area contributed by atoms with Gasteiger partial charge in [0, 0.05) is 20.6 Å². The summed E-state index contributed by atoms with van der Waals surface area (Å²) < 4.78 is 0. The van der Waals surface area contributed by atoms with Gasteiger partial charge < -0.3 is 19.8 Å². The van der Waals surface area contributed by atoms with Crippen molar-refractivity contribution < 1.29 is 24.3 Å². The van der Waals surface area contributed by atoms with Gasteiger partial charge in [0.25, 0.3) is 6.47 Å². The number of carboxylic acid groups (broad SMARTS) is 1. The molecule has 1 saturated heterocycles. The molecule has 26 heavy (non-hydrogen) atoms. The van der Waals surface area contributed by atoms with Crippen LogP contribution in [0, 0.1) is 0 Å². The lowest BCUT2D eigenvalue weighted by Crippen LogP contribution is -2.60. The first-order chi connectivity index (χ1) is 12.3. The fourth-order valence-electron chi connectivity index (χ4n) is 2.56. The molecule has 142 valence electrons. The molecule has 1 heterocycles. The molecule has 0 unspecified atom stereocenters. The van der Waals surface area contributed by atoms with Crippen molar-refractivity contribution in [2.75, 3.05) is 33.7 Å². The molecular formula is C18H25N3O5. The Morgan fingerprint density at radius 3 is 2.38 bits per heavy atom. The Hall–Kier alpha value is -2.90. The number of amides is 3. The molecule has 2 rings (SSSR count). The number of benzene rings is 1. The average Bonchev–Trinajstić information content (AvgIpc) is 2.62. The molecular weight excluding hydrogens is 338 g/mol. The summed E-state index contributed by atoms with van der Waals surface area (Å²) in [5.74, 6) is -0.469. The Balaban J connectivity index is 0.00000105. The van der Waals surface area contributed by atoms with Gasteiger partial charge in [0.05, 0.1) is 6.54 Å². The van der Waals surface area contributed by atoms with E-state index in [1.807, 2.05) is 30.3 Å². The zero-order valence-electron chi connectivity index (χ0n) is 15.3.